The third-order valence-corrected chi connectivity index (χ3v) is 7.09. The van der Waals surface area contributed by atoms with Gasteiger partial charge in [0.1, 0.15) is 9.84 Å². The summed E-state index contributed by atoms with van der Waals surface area (Å²) in [6, 6.07) is 5.33. The predicted octanol–water partition coefficient (Wildman–Crippen LogP) is 3.12. The van der Waals surface area contributed by atoms with Gasteiger partial charge < -0.3 is 14.3 Å². The standard InChI is InChI=1S/C20H26ClN3O4S/c1-13(12-29(2,26)27)24(16-4-5-16)20(25)14-7-9-23(10-8-14)19-17-11-15(21)3-6-18(17)28-22-19/h3,6,11,13-14,16H,4-5,7-10,12H2,1-2H3. The maximum atomic E-state index is 13.2. The second kappa shape index (κ2) is 7.80. The number of sulfone groups is 1. The van der Waals surface area contributed by atoms with Crippen LogP contribution in [0.3, 0.4) is 0 Å². The highest BCUT2D eigenvalue weighted by atomic mass is 35.5. The fourth-order valence-electron chi connectivity index (χ4n) is 4.30. The van der Waals surface area contributed by atoms with E-state index in [1.165, 1.54) is 6.26 Å². The highest BCUT2D eigenvalue weighted by molar-refractivity contribution is 7.90. The second-order valence-electron chi connectivity index (χ2n) is 8.33. The fourth-order valence-corrected chi connectivity index (χ4v) is 5.51. The molecular formula is C20H26ClN3O4S. The van der Waals surface area contributed by atoms with E-state index in [1.54, 1.807) is 12.1 Å². The van der Waals surface area contributed by atoms with Gasteiger partial charge in [-0.25, -0.2) is 8.42 Å². The first-order chi connectivity index (χ1) is 13.7. The van der Waals surface area contributed by atoms with Gasteiger partial charge in [0.05, 0.1) is 11.1 Å². The lowest BCUT2D eigenvalue weighted by atomic mass is 9.94. The van der Waals surface area contributed by atoms with Gasteiger partial charge in [0.2, 0.25) is 5.91 Å². The Morgan fingerprint density at radius 2 is 2.00 bits per heavy atom. The molecule has 1 atom stereocenters. The molecule has 1 amide bonds. The molecule has 2 heterocycles. The van der Waals surface area contributed by atoms with Crippen LogP contribution in [0.4, 0.5) is 5.82 Å². The first-order valence-corrected chi connectivity index (χ1v) is 12.5. The van der Waals surface area contributed by atoms with E-state index in [0.717, 1.165) is 24.0 Å². The molecule has 4 rings (SSSR count). The molecule has 0 radical (unpaired) electrons. The molecule has 0 spiro atoms. The second-order valence-corrected chi connectivity index (χ2v) is 10.9. The Kier molecular flexibility index (Phi) is 5.50. The lowest BCUT2D eigenvalue weighted by Crippen LogP contribution is -2.49. The molecule has 1 saturated carbocycles. The molecule has 158 valence electrons. The van der Waals surface area contributed by atoms with E-state index >= 15 is 0 Å². The molecule has 7 nitrogen and oxygen atoms in total. The molecule has 1 unspecified atom stereocenters. The van der Waals surface area contributed by atoms with Crippen molar-refractivity contribution in [3.8, 4) is 0 Å². The highest BCUT2D eigenvalue weighted by Crippen LogP contribution is 2.35. The zero-order chi connectivity index (χ0) is 20.8. The minimum atomic E-state index is -3.13. The van der Waals surface area contributed by atoms with Crippen LogP contribution in [0.1, 0.15) is 32.6 Å². The molecule has 1 aromatic carbocycles. The zero-order valence-corrected chi connectivity index (χ0v) is 18.2. The molecule has 29 heavy (non-hydrogen) atoms. The van der Waals surface area contributed by atoms with Crippen molar-refractivity contribution in [2.24, 2.45) is 5.92 Å². The maximum absolute atomic E-state index is 13.2. The monoisotopic (exact) mass is 439 g/mol. The third-order valence-electron chi connectivity index (χ3n) is 5.77. The summed E-state index contributed by atoms with van der Waals surface area (Å²) in [7, 11) is -3.13. The Labute approximate surface area is 175 Å². The molecule has 0 bridgehead atoms. The summed E-state index contributed by atoms with van der Waals surface area (Å²) in [6.07, 6.45) is 4.58. The third kappa shape index (κ3) is 4.53. The van der Waals surface area contributed by atoms with Crippen molar-refractivity contribution in [2.45, 2.75) is 44.7 Å². The van der Waals surface area contributed by atoms with Crippen LogP contribution in [0, 0.1) is 5.92 Å². The van der Waals surface area contributed by atoms with Gasteiger partial charge in [-0.3, -0.25) is 4.79 Å². The minimum Gasteiger partial charge on any atom is -0.354 e. The molecule has 1 aliphatic heterocycles. The van der Waals surface area contributed by atoms with E-state index in [2.05, 4.69) is 10.1 Å². The number of fused-ring (bicyclic) bond motifs is 1. The summed E-state index contributed by atoms with van der Waals surface area (Å²) in [5, 5.41) is 5.71. The predicted molar refractivity (Wildman–Crippen MR) is 113 cm³/mol. The number of hydrogen-bond acceptors (Lipinski definition) is 6. The van der Waals surface area contributed by atoms with Gasteiger partial charge in [-0.05, 0) is 50.8 Å². The molecule has 9 heteroatoms. The van der Waals surface area contributed by atoms with Crippen LogP contribution in [-0.4, -0.2) is 61.6 Å². The van der Waals surface area contributed by atoms with E-state index in [4.69, 9.17) is 16.1 Å². The van der Waals surface area contributed by atoms with E-state index in [1.807, 2.05) is 17.9 Å². The number of halogens is 1. The molecular weight excluding hydrogens is 414 g/mol. The van der Waals surface area contributed by atoms with Crippen LogP contribution in [0.5, 0.6) is 0 Å². The average Bonchev–Trinajstić information content (AvgIpc) is 3.39. The lowest BCUT2D eigenvalue weighted by molar-refractivity contribution is -0.138. The van der Waals surface area contributed by atoms with Crippen molar-refractivity contribution < 1.29 is 17.7 Å². The Morgan fingerprint density at radius 1 is 1.31 bits per heavy atom. The molecule has 2 fully saturated rings. The Morgan fingerprint density at radius 3 is 2.62 bits per heavy atom. The van der Waals surface area contributed by atoms with Crippen molar-refractivity contribution in [3.05, 3.63) is 23.2 Å². The van der Waals surface area contributed by atoms with Gasteiger partial charge in [0, 0.05) is 42.4 Å². The number of piperidine rings is 1. The normalized spacial score (nSPS) is 19.5. The van der Waals surface area contributed by atoms with Gasteiger partial charge >= 0.3 is 0 Å². The number of anilines is 1. The number of hydrogen-bond donors (Lipinski definition) is 0. The summed E-state index contributed by atoms with van der Waals surface area (Å²) < 4.78 is 28.9. The summed E-state index contributed by atoms with van der Waals surface area (Å²) in [5.41, 5.74) is 0.692. The maximum Gasteiger partial charge on any atom is 0.226 e. The summed E-state index contributed by atoms with van der Waals surface area (Å²) >= 11 is 6.12. The lowest BCUT2D eigenvalue weighted by Gasteiger charge is -2.36. The SMILES string of the molecule is CC(CS(C)(=O)=O)N(C(=O)C1CCN(c2noc3ccc(Cl)cc23)CC1)C1CC1. The van der Waals surface area contributed by atoms with Gasteiger partial charge in [-0.1, -0.05) is 16.8 Å². The highest BCUT2D eigenvalue weighted by Gasteiger charge is 2.40. The average molecular weight is 440 g/mol. The number of amides is 1. The molecule has 1 aliphatic carbocycles. The molecule has 1 saturated heterocycles. The number of aromatic nitrogens is 1. The number of carbonyl (C=O) groups excluding carboxylic acids is 1. The number of rotatable bonds is 6. The minimum absolute atomic E-state index is 0.0137. The van der Waals surface area contributed by atoms with Crippen LogP contribution in [0.25, 0.3) is 11.0 Å². The van der Waals surface area contributed by atoms with E-state index < -0.39 is 9.84 Å². The van der Waals surface area contributed by atoms with Crippen LogP contribution >= 0.6 is 11.6 Å². The molecule has 1 aromatic heterocycles. The van der Waals surface area contributed by atoms with E-state index in [9.17, 15) is 13.2 Å². The molecule has 0 N–H and O–H groups in total. The number of benzene rings is 1. The van der Waals surface area contributed by atoms with Crippen molar-refractivity contribution in [2.75, 3.05) is 30.0 Å². The van der Waals surface area contributed by atoms with Crippen LogP contribution < -0.4 is 4.90 Å². The van der Waals surface area contributed by atoms with Crippen molar-refractivity contribution in [3.63, 3.8) is 0 Å². The van der Waals surface area contributed by atoms with Crippen molar-refractivity contribution >= 4 is 44.1 Å². The van der Waals surface area contributed by atoms with Crippen molar-refractivity contribution in [1.82, 2.24) is 10.1 Å². The van der Waals surface area contributed by atoms with Gasteiger partial charge in [0.15, 0.2) is 11.4 Å². The van der Waals surface area contributed by atoms with Gasteiger partial charge in [0.25, 0.3) is 0 Å². The quantitative estimate of drug-likeness (QED) is 0.687. The molecule has 2 aromatic rings. The van der Waals surface area contributed by atoms with E-state index in [0.29, 0.717) is 36.5 Å². The van der Waals surface area contributed by atoms with Crippen LogP contribution in [0.15, 0.2) is 22.7 Å². The Balaban J connectivity index is 1.44. The smallest absolute Gasteiger partial charge is 0.226 e. The Hall–Kier alpha value is -1.80. The summed E-state index contributed by atoms with van der Waals surface area (Å²) in [4.78, 5) is 17.2. The topological polar surface area (TPSA) is 83.7 Å². The first kappa shape index (κ1) is 20.5. The van der Waals surface area contributed by atoms with Gasteiger partial charge in [-0.15, -0.1) is 0 Å². The largest absolute Gasteiger partial charge is 0.354 e. The first-order valence-electron chi connectivity index (χ1n) is 10.0. The van der Waals surface area contributed by atoms with Crippen LogP contribution in [-0.2, 0) is 14.6 Å². The summed E-state index contributed by atoms with van der Waals surface area (Å²) in [5.74, 6) is 0.782. The number of nitrogens with zero attached hydrogens (tertiary/aromatic N) is 3. The molecule has 2 aliphatic rings. The van der Waals surface area contributed by atoms with Gasteiger partial charge in [-0.2, -0.15) is 0 Å². The zero-order valence-electron chi connectivity index (χ0n) is 16.7. The van der Waals surface area contributed by atoms with Crippen molar-refractivity contribution in [1.29, 1.82) is 0 Å². The van der Waals surface area contributed by atoms with Crippen LogP contribution in [0.2, 0.25) is 5.02 Å². The summed E-state index contributed by atoms with van der Waals surface area (Å²) in [6.45, 7) is 3.24. The number of carbonyl (C=O) groups is 1. The Bertz CT molecular complexity index is 1010. The van der Waals surface area contributed by atoms with E-state index in [-0.39, 0.29) is 29.7 Å². The fraction of sp³-hybridized carbons (Fsp3) is 0.600.